The number of esters is 1. The van der Waals surface area contributed by atoms with Crippen LogP contribution in [-0.2, 0) is 11.2 Å². The lowest BCUT2D eigenvalue weighted by Gasteiger charge is -2.27. The molecule has 0 radical (unpaired) electrons. The van der Waals surface area contributed by atoms with E-state index in [1.54, 1.807) is 18.5 Å². The Bertz CT molecular complexity index is 1060. The van der Waals surface area contributed by atoms with Gasteiger partial charge in [0, 0.05) is 12.4 Å². The van der Waals surface area contributed by atoms with Gasteiger partial charge in [-0.3, -0.25) is 4.98 Å². The van der Waals surface area contributed by atoms with Crippen molar-refractivity contribution < 1.29 is 14.3 Å². The van der Waals surface area contributed by atoms with Gasteiger partial charge in [0.1, 0.15) is 5.75 Å². The Balaban J connectivity index is 1.52. The van der Waals surface area contributed by atoms with Crippen LogP contribution in [0, 0.1) is 0 Å². The normalized spacial score (nSPS) is 15.0. The van der Waals surface area contributed by atoms with E-state index >= 15 is 0 Å². The first-order valence-corrected chi connectivity index (χ1v) is 10.2. The lowest BCUT2D eigenvalue weighted by molar-refractivity contribution is 0.0599. The Morgan fingerprint density at radius 3 is 2.80 bits per heavy atom. The molecule has 0 unspecified atom stereocenters. The fourth-order valence-electron chi connectivity index (χ4n) is 4.02. The van der Waals surface area contributed by atoms with Gasteiger partial charge in [-0.25, -0.2) is 4.79 Å². The van der Waals surface area contributed by atoms with E-state index in [-0.39, 0.29) is 5.97 Å². The van der Waals surface area contributed by atoms with Crippen LogP contribution in [0.3, 0.4) is 0 Å². The maximum absolute atomic E-state index is 12.0. The second-order valence-electron chi connectivity index (χ2n) is 7.49. The minimum Gasteiger partial charge on any atom is -0.493 e. The maximum Gasteiger partial charge on any atom is 0.338 e. The molecule has 1 aromatic heterocycles. The van der Waals surface area contributed by atoms with E-state index < -0.39 is 0 Å². The number of aromatic nitrogens is 1. The molecule has 1 atom stereocenters. The number of benzene rings is 2. The van der Waals surface area contributed by atoms with Gasteiger partial charge in [-0.1, -0.05) is 49.0 Å². The zero-order chi connectivity index (χ0) is 20.9. The summed E-state index contributed by atoms with van der Waals surface area (Å²) in [7, 11) is 1.40. The lowest BCUT2D eigenvalue weighted by Crippen LogP contribution is -2.16. The molecular formula is C26H25NO3. The van der Waals surface area contributed by atoms with Crippen LogP contribution in [0.15, 0.2) is 73.6 Å². The highest BCUT2D eigenvalue weighted by atomic mass is 16.5. The molecule has 2 aromatic carbocycles. The molecule has 1 aliphatic rings. The molecule has 1 aliphatic heterocycles. The molecule has 2 heterocycles. The van der Waals surface area contributed by atoms with Gasteiger partial charge in [-0.05, 0) is 65.1 Å². The van der Waals surface area contributed by atoms with Gasteiger partial charge in [0.05, 0.1) is 19.3 Å². The third-order valence-corrected chi connectivity index (χ3v) is 5.72. The molecule has 4 rings (SSSR count). The number of nitrogens with zero attached hydrogens (tertiary/aromatic N) is 1. The molecule has 152 valence electrons. The van der Waals surface area contributed by atoms with E-state index in [4.69, 9.17) is 9.47 Å². The van der Waals surface area contributed by atoms with E-state index in [2.05, 4.69) is 41.9 Å². The average Bonchev–Trinajstić information content (AvgIpc) is 2.82. The average molecular weight is 399 g/mol. The quantitative estimate of drug-likeness (QED) is 0.519. The van der Waals surface area contributed by atoms with Crippen molar-refractivity contribution >= 4 is 11.5 Å². The molecule has 0 bridgehead atoms. The smallest absolute Gasteiger partial charge is 0.338 e. The van der Waals surface area contributed by atoms with Crippen LogP contribution in [0.2, 0.25) is 0 Å². The SMILES string of the molecule is C=C(c1ccccc1)c1ccc2c(c1)OCC[C@H]2CCc1cnccc1C(=O)OC. The van der Waals surface area contributed by atoms with Crippen molar-refractivity contribution in [3.05, 3.63) is 101 Å². The van der Waals surface area contributed by atoms with Gasteiger partial charge in [0.25, 0.3) is 0 Å². The molecule has 0 amide bonds. The first-order chi connectivity index (χ1) is 14.7. The third-order valence-electron chi connectivity index (χ3n) is 5.72. The van der Waals surface area contributed by atoms with Crippen molar-refractivity contribution in [2.24, 2.45) is 0 Å². The summed E-state index contributed by atoms with van der Waals surface area (Å²) < 4.78 is 10.9. The minimum atomic E-state index is -0.316. The number of ether oxygens (including phenoxy) is 2. The van der Waals surface area contributed by atoms with Crippen molar-refractivity contribution in [1.29, 1.82) is 0 Å². The number of rotatable bonds is 6. The Labute approximate surface area is 177 Å². The predicted octanol–water partition coefficient (Wildman–Crippen LogP) is 5.43. The highest BCUT2D eigenvalue weighted by Gasteiger charge is 2.23. The topological polar surface area (TPSA) is 48.4 Å². The molecule has 0 saturated heterocycles. The number of pyridine rings is 1. The van der Waals surface area contributed by atoms with Crippen LogP contribution in [0.25, 0.3) is 5.57 Å². The third kappa shape index (κ3) is 4.13. The summed E-state index contributed by atoms with van der Waals surface area (Å²) in [6.45, 7) is 4.96. The Morgan fingerprint density at radius 2 is 2.00 bits per heavy atom. The fraction of sp³-hybridized carbons (Fsp3) is 0.231. The van der Waals surface area contributed by atoms with Crippen molar-refractivity contribution in [2.75, 3.05) is 13.7 Å². The van der Waals surface area contributed by atoms with E-state index in [1.165, 1.54) is 12.7 Å². The van der Waals surface area contributed by atoms with E-state index in [1.807, 2.05) is 18.2 Å². The summed E-state index contributed by atoms with van der Waals surface area (Å²) in [5.74, 6) is 0.988. The maximum atomic E-state index is 12.0. The van der Waals surface area contributed by atoms with Crippen molar-refractivity contribution in [2.45, 2.75) is 25.2 Å². The number of hydrogen-bond acceptors (Lipinski definition) is 4. The number of carbonyl (C=O) groups is 1. The number of fused-ring (bicyclic) bond motifs is 1. The lowest BCUT2D eigenvalue weighted by atomic mass is 9.86. The highest BCUT2D eigenvalue weighted by molar-refractivity contribution is 5.90. The number of carbonyl (C=O) groups excluding carboxylic acids is 1. The summed E-state index contributed by atoms with van der Waals surface area (Å²) in [5.41, 5.74) is 5.90. The van der Waals surface area contributed by atoms with E-state index in [0.29, 0.717) is 18.1 Å². The van der Waals surface area contributed by atoms with E-state index in [9.17, 15) is 4.79 Å². The summed E-state index contributed by atoms with van der Waals surface area (Å²) in [5, 5.41) is 0. The second-order valence-corrected chi connectivity index (χ2v) is 7.49. The molecule has 0 N–H and O–H groups in total. The zero-order valence-corrected chi connectivity index (χ0v) is 17.1. The van der Waals surface area contributed by atoms with E-state index in [0.717, 1.165) is 47.3 Å². The fourth-order valence-corrected chi connectivity index (χ4v) is 4.02. The number of methoxy groups -OCH3 is 1. The molecular weight excluding hydrogens is 374 g/mol. The van der Waals surface area contributed by atoms with Gasteiger partial charge >= 0.3 is 5.97 Å². The summed E-state index contributed by atoms with van der Waals surface area (Å²) in [4.78, 5) is 16.2. The molecule has 4 nitrogen and oxygen atoms in total. The molecule has 30 heavy (non-hydrogen) atoms. The van der Waals surface area contributed by atoms with Gasteiger partial charge < -0.3 is 9.47 Å². The van der Waals surface area contributed by atoms with Crippen LogP contribution in [-0.4, -0.2) is 24.7 Å². The molecule has 0 spiro atoms. The van der Waals surface area contributed by atoms with Crippen LogP contribution in [0.1, 0.15) is 51.4 Å². The Hall–Kier alpha value is -3.40. The van der Waals surface area contributed by atoms with Crippen LogP contribution >= 0.6 is 0 Å². The molecule has 0 aliphatic carbocycles. The Kier molecular flexibility index (Phi) is 5.94. The van der Waals surface area contributed by atoms with Crippen molar-refractivity contribution in [1.82, 2.24) is 4.98 Å². The Morgan fingerprint density at radius 1 is 1.17 bits per heavy atom. The van der Waals surface area contributed by atoms with Gasteiger partial charge in [0.15, 0.2) is 0 Å². The predicted molar refractivity (Wildman–Crippen MR) is 118 cm³/mol. The zero-order valence-electron chi connectivity index (χ0n) is 17.1. The minimum absolute atomic E-state index is 0.316. The second kappa shape index (κ2) is 8.95. The molecule has 0 fully saturated rings. The van der Waals surface area contributed by atoms with Crippen molar-refractivity contribution in [3.8, 4) is 5.75 Å². The van der Waals surface area contributed by atoms with Gasteiger partial charge in [0.2, 0.25) is 0 Å². The van der Waals surface area contributed by atoms with Gasteiger partial charge in [-0.15, -0.1) is 0 Å². The van der Waals surface area contributed by atoms with Crippen molar-refractivity contribution in [3.63, 3.8) is 0 Å². The highest BCUT2D eigenvalue weighted by Crippen LogP contribution is 2.38. The number of hydrogen-bond donors (Lipinski definition) is 0. The van der Waals surface area contributed by atoms with Crippen LogP contribution < -0.4 is 4.74 Å². The molecule has 0 saturated carbocycles. The first-order valence-electron chi connectivity index (χ1n) is 10.2. The standard InChI is InChI=1S/C26H25NO3/c1-18(19-6-4-3-5-7-19)21-10-11-23-20(13-15-30-25(23)16-21)8-9-22-17-27-14-12-24(22)26(28)29-2/h3-7,10-12,14,16-17,20H,1,8-9,13,15H2,2H3/t20-/m1/s1. The molecule has 3 aromatic rings. The number of aryl methyl sites for hydroxylation is 1. The summed E-state index contributed by atoms with van der Waals surface area (Å²) in [6.07, 6.45) is 6.03. The van der Waals surface area contributed by atoms with Crippen LogP contribution in [0.5, 0.6) is 5.75 Å². The first kappa shape index (κ1) is 19.9. The monoisotopic (exact) mass is 399 g/mol. The summed E-state index contributed by atoms with van der Waals surface area (Å²) >= 11 is 0. The largest absolute Gasteiger partial charge is 0.493 e. The van der Waals surface area contributed by atoms with Gasteiger partial charge in [-0.2, -0.15) is 0 Å². The molecule has 4 heteroatoms. The van der Waals surface area contributed by atoms with Crippen LogP contribution in [0.4, 0.5) is 0 Å². The summed E-state index contributed by atoms with van der Waals surface area (Å²) in [6, 6.07) is 18.3.